The van der Waals surface area contributed by atoms with Crippen molar-refractivity contribution in [3.05, 3.63) is 65.3 Å². The lowest BCUT2D eigenvalue weighted by molar-refractivity contribution is -0.142. The van der Waals surface area contributed by atoms with Crippen molar-refractivity contribution in [3.63, 3.8) is 0 Å². The summed E-state index contributed by atoms with van der Waals surface area (Å²) >= 11 is 0. The second kappa shape index (κ2) is 8.15. The molecule has 1 aliphatic rings. The summed E-state index contributed by atoms with van der Waals surface area (Å²) in [6, 6.07) is 8.92. The molecule has 1 unspecified atom stereocenters. The van der Waals surface area contributed by atoms with Gasteiger partial charge < -0.3 is 14.2 Å². The molecule has 1 atom stereocenters. The lowest BCUT2D eigenvalue weighted by atomic mass is 10.1. The number of hydrogen-bond acceptors (Lipinski definition) is 6. The van der Waals surface area contributed by atoms with Crippen LogP contribution in [0.1, 0.15) is 46.4 Å². The Bertz CT molecular complexity index is 1380. The molecular weight excluding hydrogens is 451 g/mol. The number of rotatable bonds is 4. The molecule has 0 spiro atoms. The molecule has 0 radical (unpaired) electrons. The van der Waals surface area contributed by atoms with Gasteiger partial charge in [-0.2, -0.15) is 18.3 Å². The molecular formula is C23H20F3N5O3. The monoisotopic (exact) mass is 471 g/mol. The third-order valence-corrected chi connectivity index (χ3v) is 5.86. The number of alkyl halides is 3. The van der Waals surface area contributed by atoms with Gasteiger partial charge in [0.25, 0.3) is 5.91 Å². The number of likely N-dealkylation sites (tertiary alicyclic amines) is 1. The Hall–Kier alpha value is -3.89. The number of nitrogens with zero attached hydrogens (tertiary/aromatic N) is 5. The van der Waals surface area contributed by atoms with Crippen LogP contribution in [0.15, 0.2) is 47.1 Å². The molecule has 1 amide bonds. The zero-order chi connectivity index (χ0) is 24.0. The summed E-state index contributed by atoms with van der Waals surface area (Å²) in [6.45, 7) is 2.21. The number of fused-ring (bicyclic) bond motifs is 1. The summed E-state index contributed by atoms with van der Waals surface area (Å²) in [5, 5.41) is 7.77. The summed E-state index contributed by atoms with van der Waals surface area (Å²) < 4.78 is 53.2. The average Bonchev–Trinajstić information content (AvgIpc) is 3.56. The maximum Gasteiger partial charge on any atom is 0.433 e. The summed E-state index contributed by atoms with van der Waals surface area (Å²) in [5.41, 5.74) is -0.167. The number of hydrogen-bond donors (Lipinski definition) is 0. The van der Waals surface area contributed by atoms with Crippen LogP contribution < -0.4 is 4.74 Å². The van der Waals surface area contributed by atoms with Crippen LogP contribution in [-0.2, 0) is 6.18 Å². The van der Waals surface area contributed by atoms with Crippen molar-refractivity contribution in [1.82, 2.24) is 24.7 Å². The maximum absolute atomic E-state index is 14.0. The van der Waals surface area contributed by atoms with Crippen LogP contribution in [0.5, 0.6) is 5.75 Å². The quantitative estimate of drug-likeness (QED) is 0.429. The molecule has 1 aromatic carbocycles. The van der Waals surface area contributed by atoms with E-state index in [0.29, 0.717) is 40.2 Å². The molecule has 1 fully saturated rings. The molecule has 34 heavy (non-hydrogen) atoms. The molecule has 1 saturated heterocycles. The van der Waals surface area contributed by atoms with E-state index in [1.807, 2.05) is 0 Å². The van der Waals surface area contributed by atoms with Gasteiger partial charge in [0, 0.05) is 18.2 Å². The Kier molecular flexibility index (Phi) is 5.26. The van der Waals surface area contributed by atoms with Crippen LogP contribution in [0.4, 0.5) is 13.2 Å². The number of amides is 1. The largest absolute Gasteiger partial charge is 0.496 e. The number of halogens is 3. The molecule has 3 aromatic heterocycles. The van der Waals surface area contributed by atoms with E-state index in [-0.39, 0.29) is 22.9 Å². The number of carbonyl (C=O) groups is 1. The molecule has 1 aliphatic heterocycles. The van der Waals surface area contributed by atoms with Crippen molar-refractivity contribution in [2.45, 2.75) is 32.0 Å². The lowest BCUT2D eigenvalue weighted by Crippen LogP contribution is -2.30. The minimum atomic E-state index is -4.72. The van der Waals surface area contributed by atoms with E-state index in [2.05, 4.69) is 15.2 Å². The second-order valence-electron chi connectivity index (χ2n) is 8.05. The van der Waals surface area contributed by atoms with Crippen LogP contribution in [0.2, 0.25) is 0 Å². The van der Waals surface area contributed by atoms with E-state index >= 15 is 0 Å². The van der Waals surface area contributed by atoms with E-state index in [1.54, 1.807) is 42.2 Å². The minimum Gasteiger partial charge on any atom is -0.496 e. The Morgan fingerprint density at radius 2 is 2.03 bits per heavy atom. The van der Waals surface area contributed by atoms with Crippen LogP contribution in [0.25, 0.3) is 16.9 Å². The van der Waals surface area contributed by atoms with E-state index in [1.165, 1.54) is 7.11 Å². The van der Waals surface area contributed by atoms with Crippen LogP contribution in [-0.4, -0.2) is 44.2 Å². The predicted molar refractivity (Wildman–Crippen MR) is 114 cm³/mol. The van der Waals surface area contributed by atoms with Crippen molar-refractivity contribution >= 4 is 11.6 Å². The predicted octanol–water partition coefficient (Wildman–Crippen LogP) is 4.70. The Morgan fingerprint density at radius 1 is 1.24 bits per heavy atom. The molecule has 0 aliphatic carbocycles. The topological polar surface area (TPSA) is 85.8 Å². The molecule has 8 nitrogen and oxygen atoms in total. The first-order valence-electron chi connectivity index (χ1n) is 10.6. The maximum atomic E-state index is 14.0. The van der Waals surface area contributed by atoms with Crippen molar-refractivity contribution < 1.29 is 27.2 Å². The summed E-state index contributed by atoms with van der Waals surface area (Å²) in [6.07, 6.45) is -2.21. The molecule has 0 N–H and O–H groups in total. The number of aromatic nitrogens is 4. The molecule has 5 rings (SSSR count). The first-order valence-corrected chi connectivity index (χ1v) is 10.6. The molecule has 11 heteroatoms. The van der Waals surface area contributed by atoms with Crippen molar-refractivity contribution in [2.24, 2.45) is 0 Å². The minimum absolute atomic E-state index is 0.0228. The first kappa shape index (κ1) is 21.9. The zero-order valence-electron chi connectivity index (χ0n) is 18.3. The molecule has 4 heterocycles. The van der Waals surface area contributed by atoms with Gasteiger partial charge in [0.1, 0.15) is 11.3 Å². The van der Waals surface area contributed by atoms with Gasteiger partial charge in [0.2, 0.25) is 0 Å². The highest BCUT2D eigenvalue weighted by molar-refractivity contribution is 6.00. The second-order valence-corrected chi connectivity index (χ2v) is 8.05. The number of carbonyl (C=O) groups excluding carboxylic acids is 1. The number of methoxy groups -OCH3 is 1. The van der Waals surface area contributed by atoms with Gasteiger partial charge in [0.15, 0.2) is 17.1 Å². The third kappa shape index (κ3) is 3.66. The lowest BCUT2D eigenvalue weighted by Gasteiger charge is -2.22. The van der Waals surface area contributed by atoms with Crippen molar-refractivity contribution in [2.75, 3.05) is 13.7 Å². The summed E-state index contributed by atoms with van der Waals surface area (Å²) in [7, 11) is 1.43. The van der Waals surface area contributed by atoms with Crippen LogP contribution >= 0.6 is 0 Å². The van der Waals surface area contributed by atoms with Gasteiger partial charge in [-0.3, -0.25) is 4.79 Å². The fraction of sp³-hybridized carbons (Fsp3) is 0.304. The van der Waals surface area contributed by atoms with Gasteiger partial charge in [0.05, 0.1) is 30.7 Å². The SMILES string of the molecule is COc1ccccc1-c1cc(C(F)(F)F)n2ncc(C(=O)N3CCCC3c3cc(C)no3)c2n1. The van der Waals surface area contributed by atoms with Gasteiger partial charge in [-0.25, -0.2) is 9.50 Å². The van der Waals surface area contributed by atoms with Crippen molar-refractivity contribution in [3.8, 4) is 17.0 Å². The number of benzene rings is 1. The van der Waals surface area contributed by atoms with E-state index in [0.717, 1.165) is 18.7 Å². The highest BCUT2D eigenvalue weighted by Crippen LogP contribution is 2.37. The highest BCUT2D eigenvalue weighted by Gasteiger charge is 2.38. The van der Waals surface area contributed by atoms with E-state index in [9.17, 15) is 18.0 Å². The van der Waals surface area contributed by atoms with E-state index in [4.69, 9.17) is 9.26 Å². The van der Waals surface area contributed by atoms with E-state index < -0.39 is 17.8 Å². The molecule has 176 valence electrons. The first-order chi connectivity index (χ1) is 16.3. The smallest absolute Gasteiger partial charge is 0.433 e. The van der Waals surface area contributed by atoms with Crippen molar-refractivity contribution in [1.29, 1.82) is 0 Å². The fourth-order valence-electron chi connectivity index (χ4n) is 4.31. The number of ether oxygens (including phenoxy) is 1. The van der Waals surface area contributed by atoms with Gasteiger partial charge in [-0.1, -0.05) is 17.3 Å². The Balaban J connectivity index is 1.64. The fourth-order valence-corrected chi connectivity index (χ4v) is 4.31. The standard InChI is InChI=1S/C23H20F3N5O3/c1-13-10-19(34-29-13)17-7-5-9-30(17)22(32)15-12-27-31-20(23(24,25)26)11-16(28-21(15)31)14-6-3-4-8-18(14)33-2/h3-4,6,8,10-12,17H,5,7,9H2,1-2H3. The van der Waals surface area contributed by atoms with Gasteiger partial charge in [-0.15, -0.1) is 0 Å². The highest BCUT2D eigenvalue weighted by atomic mass is 19.4. The Labute approximate surface area is 191 Å². The van der Waals surface area contributed by atoms with Gasteiger partial charge >= 0.3 is 6.18 Å². The molecule has 0 bridgehead atoms. The van der Waals surface area contributed by atoms with Gasteiger partial charge in [-0.05, 0) is 38.0 Å². The summed E-state index contributed by atoms with van der Waals surface area (Å²) in [4.78, 5) is 19.5. The van der Waals surface area contributed by atoms with Crippen LogP contribution in [0, 0.1) is 6.92 Å². The average molecular weight is 471 g/mol. The third-order valence-electron chi connectivity index (χ3n) is 5.86. The molecule has 0 saturated carbocycles. The van der Waals surface area contributed by atoms with Crippen LogP contribution in [0.3, 0.4) is 0 Å². The number of para-hydroxylation sites is 1. The zero-order valence-corrected chi connectivity index (χ0v) is 18.3. The molecule has 4 aromatic rings. The normalized spacial score (nSPS) is 16.4. The number of aryl methyl sites for hydroxylation is 1. The Morgan fingerprint density at radius 3 is 2.74 bits per heavy atom. The summed E-state index contributed by atoms with van der Waals surface area (Å²) in [5.74, 6) is 0.433.